The van der Waals surface area contributed by atoms with Crippen molar-refractivity contribution in [3.05, 3.63) is 45.8 Å². The van der Waals surface area contributed by atoms with Crippen molar-refractivity contribution in [1.82, 2.24) is 41.4 Å². The number of H-pyrrole nitrogens is 1. The van der Waals surface area contributed by atoms with Gasteiger partial charge in [-0.3, -0.25) is 23.5 Å². The van der Waals surface area contributed by atoms with Crippen LogP contribution in [0.1, 0.15) is 12.5 Å². The minimum Gasteiger partial charge on any atom is -0.780 e. The van der Waals surface area contributed by atoms with Gasteiger partial charge in [0.2, 0.25) is 0 Å². The SMILES string of the molecule is Nc1ncnc2c1ncn2[C@@H]1O[C@@H]2COP([O-])(=S)O[C@@H]3[C@H](F)[C@@H](COP(=O)([O-])O[C@@H]1[C@@H]2F)O[C@H]3n1ccc(=O)[nH]c1=O.[NH4+].[NH4+]. The number of nitrogens with zero attached hydrogens (tertiary/aromatic N) is 5. The molecule has 0 aliphatic carbocycles. The minimum absolute atomic E-state index is 0. The molecule has 0 saturated carbocycles. The molecule has 44 heavy (non-hydrogen) atoms. The van der Waals surface area contributed by atoms with Crippen LogP contribution in [0.25, 0.3) is 11.2 Å². The van der Waals surface area contributed by atoms with Gasteiger partial charge in [0.25, 0.3) is 13.4 Å². The van der Waals surface area contributed by atoms with Gasteiger partial charge in [0.05, 0.1) is 19.5 Å². The second kappa shape index (κ2) is 12.6. The molecule has 0 radical (unpaired) electrons. The van der Waals surface area contributed by atoms with E-state index in [1.165, 1.54) is 0 Å². The van der Waals surface area contributed by atoms with E-state index >= 15 is 8.78 Å². The van der Waals surface area contributed by atoms with Gasteiger partial charge < -0.3 is 55.4 Å². The zero-order valence-electron chi connectivity index (χ0n) is 22.7. The highest BCUT2D eigenvalue weighted by Crippen LogP contribution is 2.51. The Morgan fingerprint density at radius 3 is 2.25 bits per heavy atom. The van der Waals surface area contributed by atoms with E-state index in [1.807, 2.05) is 4.98 Å². The Balaban J connectivity index is 0.00000221. The van der Waals surface area contributed by atoms with Crippen LogP contribution in [0.5, 0.6) is 0 Å². The number of halogens is 2. The van der Waals surface area contributed by atoms with Gasteiger partial charge in [0.1, 0.15) is 43.0 Å². The molecule has 3 fully saturated rings. The quantitative estimate of drug-likeness (QED) is 0.236. The van der Waals surface area contributed by atoms with Crippen LogP contribution in [-0.2, 0) is 43.9 Å². The molecular weight excluding hydrogens is 662 g/mol. The second-order valence-electron chi connectivity index (χ2n) is 9.25. The summed E-state index contributed by atoms with van der Waals surface area (Å²) in [4.78, 5) is 63.5. The molecule has 3 saturated heterocycles. The Morgan fingerprint density at radius 1 is 0.977 bits per heavy atom. The molecule has 11 N–H and O–H groups in total. The monoisotopic (exact) mass is 689 g/mol. The fraction of sp³-hybridized carbons (Fsp3) is 0.526. The summed E-state index contributed by atoms with van der Waals surface area (Å²) in [5.41, 5.74) is 4.10. The molecule has 10 atom stereocenters. The minimum atomic E-state index is -5.43. The first-order valence-electron chi connectivity index (χ1n) is 11.9. The first kappa shape index (κ1) is 34.2. The van der Waals surface area contributed by atoms with Crippen molar-refractivity contribution in [2.45, 2.75) is 49.2 Å². The van der Waals surface area contributed by atoms with Gasteiger partial charge in [-0.15, -0.1) is 0 Å². The number of quaternary nitrogens is 2. The van der Waals surface area contributed by atoms with E-state index in [0.29, 0.717) is 4.57 Å². The van der Waals surface area contributed by atoms with Gasteiger partial charge in [-0.25, -0.2) is 28.5 Å². The van der Waals surface area contributed by atoms with Gasteiger partial charge in [-0.1, -0.05) is 11.8 Å². The second-order valence-corrected chi connectivity index (χ2v) is 13.3. The number of phosphoric ester groups is 1. The number of alkyl halides is 2. The van der Waals surface area contributed by atoms with Crippen LogP contribution in [0.2, 0.25) is 0 Å². The average molecular weight is 689 g/mol. The summed E-state index contributed by atoms with van der Waals surface area (Å²) < 4.78 is 77.2. The smallest absolute Gasteiger partial charge is 0.330 e. The van der Waals surface area contributed by atoms with E-state index < -0.39 is 88.2 Å². The molecule has 244 valence electrons. The fourth-order valence-corrected chi connectivity index (χ4v) is 7.00. The molecular formula is C19H27F2N9O11P2S. The van der Waals surface area contributed by atoms with E-state index in [2.05, 4.69) is 15.0 Å². The Kier molecular flexibility index (Phi) is 9.84. The number of anilines is 1. The van der Waals surface area contributed by atoms with Crippen LogP contribution >= 0.6 is 14.5 Å². The van der Waals surface area contributed by atoms with Crippen molar-refractivity contribution in [2.24, 2.45) is 0 Å². The zero-order valence-corrected chi connectivity index (χ0v) is 25.3. The number of nitrogens with two attached hydrogens (primary N) is 1. The normalized spacial score (nSPS) is 37.5. The predicted molar refractivity (Wildman–Crippen MR) is 144 cm³/mol. The summed E-state index contributed by atoms with van der Waals surface area (Å²) >= 11 is 4.90. The van der Waals surface area contributed by atoms with Gasteiger partial charge in [0.15, 0.2) is 36.3 Å². The maximum Gasteiger partial charge on any atom is 0.330 e. The number of imidazole rings is 1. The summed E-state index contributed by atoms with van der Waals surface area (Å²) in [6.45, 7) is -6.58. The Hall–Kier alpha value is -2.63. The highest BCUT2D eigenvalue weighted by Gasteiger charge is 2.52. The molecule has 3 aromatic heterocycles. The van der Waals surface area contributed by atoms with E-state index in [9.17, 15) is 23.9 Å². The van der Waals surface area contributed by atoms with Gasteiger partial charge in [0, 0.05) is 12.3 Å². The lowest BCUT2D eigenvalue weighted by molar-refractivity contribution is -0.236. The Morgan fingerprint density at radius 2 is 1.59 bits per heavy atom. The van der Waals surface area contributed by atoms with Crippen molar-refractivity contribution >= 4 is 43.3 Å². The third kappa shape index (κ3) is 6.37. The molecule has 2 unspecified atom stereocenters. The van der Waals surface area contributed by atoms with Crippen LogP contribution in [0, 0.1) is 0 Å². The van der Waals surface area contributed by atoms with Crippen LogP contribution in [0.3, 0.4) is 0 Å². The molecule has 3 aromatic rings. The summed E-state index contributed by atoms with van der Waals surface area (Å²) in [7, 11) is -5.43. The molecule has 6 rings (SSSR count). The van der Waals surface area contributed by atoms with Crippen molar-refractivity contribution < 1.29 is 50.7 Å². The van der Waals surface area contributed by atoms with E-state index in [4.69, 9.17) is 45.1 Å². The van der Waals surface area contributed by atoms with E-state index in [0.717, 1.165) is 29.5 Å². The number of rotatable bonds is 2. The number of aromatic amines is 1. The summed E-state index contributed by atoms with van der Waals surface area (Å²) in [6.07, 6.45) is -11.9. The number of nitrogens with one attached hydrogen (secondary N) is 1. The van der Waals surface area contributed by atoms with Gasteiger partial charge >= 0.3 is 5.69 Å². The van der Waals surface area contributed by atoms with Crippen LogP contribution in [0.15, 0.2) is 34.5 Å². The molecule has 3 aliphatic rings. The molecule has 0 spiro atoms. The fourth-order valence-electron chi connectivity index (χ4n) is 4.70. The lowest BCUT2D eigenvalue weighted by Crippen LogP contribution is -2.39. The zero-order chi connectivity index (χ0) is 30.0. The molecule has 6 heterocycles. The third-order valence-corrected chi connectivity index (χ3v) is 9.12. The number of hydrogen-bond donors (Lipinski definition) is 4. The lowest BCUT2D eigenvalue weighted by Gasteiger charge is -2.34. The average Bonchev–Trinajstić information content (AvgIpc) is 3.57. The number of nitrogen functional groups attached to an aromatic ring is 1. The highest BCUT2D eigenvalue weighted by molar-refractivity contribution is 8.06. The molecule has 3 aliphatic heterocycles. The molecule has 4 bridgehead atoms. The first-order chi connectivity index (χ1) is 19.8. The van der Waals surface area contributed by atoms with Crippen LogP contribution in [-0.4, -0.2) is 79.0 Å². The molecule has 0 aromatic carbocycles. The third-order valence-electron chi connectivity index (χ3n) is 6.61. The number of fused-ring (bicyclic) bond motifs is 5. The number of hydrogen-bond acceptors (Lipinski definition) is 16. The number of aromatic nitrogens is 6. The maximum atomic E-state index is 15.7. The summed E-state index contributed by atoms with van der Waals surface area (Å²) in [5.74, 6) is -0.0235. The van der Waals surface area contributed by atoms with E-state index in [1.54, 1.807) is 0 Å². The summed E-state index contributed by atoms with van der Waals surface area (Å²) in [5, 5.41) is 0. The van der Waals surface area contributed by atoms with Crippen molar-refractivity contribution in [3.8, 4) is 0 Å². The highest BCUT2D eigenvalue weighted by atomic mass is 32.5. The van der Waals surface area contributed by atoms with E-state index in [-0.39, 0.29) is 29.3 Å². The lowest BCUT2D eigenvalue weighted by atomic mass is 10.1. The maximum absolute atomic E-state index is 15.7. The Bertz CT molecular complexity index is 1730. The van der Waals surface area contributed by atoms with Crippen molar-refractivity contribution in [2.75, 3.05) is 18.9 Å². The molecule has 0 amide bonds. The first-order valence-corrected chi connectivity index (χ1v) is 16.0. The topological polar surface area (TPSA) is 316 Å². The molecule has 20 nitrogen and oxygen atoms in total. The van der Waals surface area contributed by atoms with Crippen molar-refractivity contribution in [1.29, 1.82) is 0 Å². The largest absolute Gasteiger partial charge is 0.780 e. The molecule has 25 heteroatoms. The number of ether oxygens (including phenoxy) is 2. The van der Waals surface area contributed by atoms with Gasteiger partial charge in [-0.05, 0) is 0 Å². The summed E-state index contributed by atoms with van der Waals surface area (Å²) in [6, 6.07) is 0.917. The predicted octanol–water partition coefficient (Wildman–Crippen LogP) is -0.947. The van der Waals surface area contributed by atoms with Crippen LogP contribution < -0.4 is 39.1 Å². The van der Waals surface area contributed by atoms with Crippen molar-refractivity contribution in [3.63, 3.8) is 0 Å². The standard InChI is InChI=1S/C19H21F2N7O11P2S.2H3N/c20-10-8-4-35-41(33,42)39-14-11(21)7(36-17(14)27-2-1-9(29)26-19(27)30)3-34-40(31,32)38-13(10)18(37-8)28-6-25-12-15(22)23-5-24-16(12)28;;/h1-2,5-8,10-11,13-14,17-18H,3-4H2,(H,31,32)(H,33,42)(H2,22,23,24)(H,26,29,30);2*1H3/t7-,8-,10-,11-,13-,14-,17-,18-,41?;;/m1../s1. The number of phosphoric acid groups is 1. The van der Waals surface area contributed by atoms with Crippen LogP contribution in [0.4, 0.5) is 14.6 Å². The van der Waals surface area contributed by atoms with Gasteiger partial charge in [-0.2, -0.15) is 0 Å². The Labute approximate surface area is 249 Å².